The number of hydrogen-bond donors (Lipinski definition) is 1. The Morgan fingerprint density at radius 3 is 2.25 bits per heavy atom. The topological polar surface area (TPSA) is 15.3 Å². The first-order valence-corrected chi connectivity index (χ1v) is 6.53. The Balaban J connectivity index is 3.65. The highest BCUT2D eigenvalue weighted by Gasteiger charge is 2.18. The van der Waals surface area contributed by atoms with Crippen molar-refractivity contribution >= 4 is 0 Å². The fourth-order valence-corrected chi connectivity index (χ4v) is 1.81. The van der Waals surface area contributed by atoms with Crippen molar-refractivity contribution < 1.29 is 0 Å². The molecule has 96 valence electrons. The number of unbranched alkanes of at least 4 members (excludes halogenated alkanes) is 3. The Bertz CT molecular complexity index is 170. The Labute approximate surface area is 102 Å². The molecule has 0 fully saturated rings. The van der Waals surface area contributed by atoms with Gasteiger partial charge in [-0.2, -0.15) is 0 Å². The van der Waals surface area contributed by atoms with Crippen LogP contribution in [0.5, 0.6) is 0 Å². The van der Waals surface area contributed by atoms with Gasteiger partial charge in [0, 0.05) is 12.1 Å². The molecule has 16 heavy (non-hydrogen) atoms. The molecular formula is C14H30N2. The summed E-state index contributed by atoms with van der Waals surface area (Å²) in [6, 6.07) is 0. The Morgan fingerprint density at radius 1 is 1.12 bits per heavy atom. The van der Waals surface area contributed by atoms with Crippen molar-refractivity contribution in [1.82, 2.24) is 10.2 Å². The third-order valence-corrected chi connectivity index (χ3v) is 2.90. The third kappa shape index (κ3) is 7.89. The van der Waals surface area contributed by atoms with Crippen molar-refractivity contribution in [1.29, 1.82) is 0 Å². The van der Waals surface area contributed by atoms with Crippen LogP contribution in [0, 0.1) is 0 Å². The monoisotopic (exact) mass is 226 g/mol. The van der Waals surface area contributed by atoms with Crippen LogP contribution in [-0.2, 0) is 0 Å². The molecule has 0 aliphatic heterocycles. The fraction of sp³-hybridized carbons (Fsp3) is 0.857. The minimum absolute atomic E-state index is 0.263. The van der Waals surface area contributed by atoms with Crippen LogP contribution in [0.25, 0.3) is 0 Å². The molecule has 0 aromatic carbocycles. The lowest BCUT2D eigenvalue weighted by Crippen LogP contribution is -2.42. The van der Waals surface area contributed by atoms with Gasteiger partial charge in [-0.05, 0) is 53.8 Å². The van der Waals surface area contributed by atoms with Gasteiger partial charge in [0.05, 0.1) is 0 Å². The van der Waals surface area contributed by atoms with Gasteiger partial charge in [-0.1, -0.05) is 18.9 Å². The predicted octanol–water partition coefficient (Wildman–Crippen LogP) is 3.05. The van der Waals surface area contributed by atoms with Gasteiger partial charge >= 0.3 is 0 Å². The highest BCUT2D eigenvalue weighted by atomic mass is 15.2. The van der Waals surface area contributed by atoms with E-state index in [0.717, 1.165) is 13.1 Å². The average Bonchev–Trinajstić information content (AvgIpc) is 2.20. The molecule has 2 nitrogen and oxygen atoms in total. The maximum absolute atomic E-state index is 3.83. The Morgan fingerprint density at radius 2 is 1.75 bits per heavy atom. The van der Waals surface area contributed by atoms with Crippen LogP contribution in [-0.4, -0.2) is 37.1 Å². The summed E-state index contributed by atoms with van der Waals surface area (Å²) in [4.78, 5) is 2.50. The minimum atomic E-state index is 0.263. The van der Waals surface area contributed by atoms with E-state index in [1.165, 1.54) is 32.2 Å². The van der Waals surface area contributed by atoms with E-state index in [4.69, 9.17) is 0 Å². The van der Waals surface area contributed by atoms with E-state index in [-0.39, 0.29) is 5.54 Å². The highest BCUT2D eigenvalue weighted by molar-refractivity contribution is 4.82. The van der Waals surface area contributed by atoms with Crippen LogP contribution >= 0.6 is 0 Å². The number of hydrogen-bond acceptors (Lipinski definition) is 2. The molecule has 0 heterocycles. The molecule has 0 bridgehead atoms. The van der Waals surface area contributed by atoms with E-state index in [9.17, 15) is 0 Å². The van der Waals surface area contributed by atoms with Crippen LogP contribution < -0.4 is 5.32 Å². The predicted molar refractivity (Wildman–Crippen MR) is 73.9 cm³/mol. The molecule has 0 saturated carbocycles. The van der Waals surface area contributed by atoms with E-state index in [1.54, 1.807) is 0 Å². The molecule has 0 aliphatic rings. The third-order valence-electron chi connectivity index (χ3n) is 2.90. The summed E-state index contributed by atoms with van der Waals surface area (Å²) < 4.78 is 0. The van der Waals surface area contributed by atoms with Gasteiger partial charge in [0.25, 0.3) is 0 Å². The van der Waals surface area contributed by atoms with Gasteiger partial charge in [0.1, 0.15) is 0 Å². The zero-order chi connectivity index (χ0) is 12.4. The first kappa shape index (κ1) is 15.7. The SMILES string of the molecule is C=CCN(CCCCCCNC)C(C)(C)C. The summed E-state index contributed by atoms with van der Waals surface area (Å²) in [7, 11) is 2.02. The van der Waals surface area contributed by atoms with E-state index >= 15 is 0 Å². The highest BCUT2D eigenvalue weighted by Crippen LogP contribution is 2.14. The van der Waals surface area contributed by atoms with Crippen LogP contribution in [0.1, 0.15) is 46.5 Å². The van der Waals surface area contributed by atoms with Gasteiger partial charge in [0.2, 0.25) is 0 Å². The first-order chi connectivity index (χ1) is 7.52. The minimum Gasteiger partial charge on any atom is -0.320 e. The second kappa shape index (κ2) is 8.77. The summed E-state index contributed by atoms with van der Waals surface area (Å²) in [6.45, 7) is 14.0. The van der Waals surface area contributed by atoms with Crippen LogP contribution in [0.2, 0.25) is 0 Å². The molecule has 0 aromatic heterocycles. The summed E-state index contributed by atoms with van der Waals surface area (Å²) >= 11 is 0. The van der Waals surface area contributed by atoms with Crippen molar-refractivity contribution in [3.63, 3.8) is 0 Å². The van der Waals surface area contributed by atoms with Crippen molar-refractivity contribution in [3.8, 4) is 0 Å². The standard InChI is InChI=1S/C14H30N2/c1-6-12-16(14(2,3)4)13-10-8-7-9-11-15-5/h6,15H,1,7-13H2,2-5H3. The normalized spacial score (nSPS) is 12.1. The number of nitrogens with zero attached hydrogens (tertiary/aromatic N) is 1. The van der Waals surface area contributed by atoms with Gasteiger partial charge in [-0.25, -0.2) is 0 Å². The van der Waals surface area contributed by atoms with Gasteiger partial charge < -0.3 is 5.32 Å². The van der Waals surface area contributed by atoms with Gasteiger partial charge in [-0.15, -0.1) is 6.58 Å². The summed E-state index contributed by atoms with van der Waals surface area (Å²) in [6.07, 6.45) is 7.28. The molecular weight excluding hydrogens is 196 g/mol. The van der Waals surface area contributed by atoms with Crippen LogP contribution in [0.15, 0.2) is 12.7 Å². The lowest BCUT2D eigenvalue weighted by molar-refractivity contribution is 0.151. The first-order valence-electron chi connectivity index (χ1n) is 6.53. The van der Waals surface area contributed by atoms with Crippen molar-refractivity contribution in [2.24, 2.45) is 0 Å². The van der Waals surface area contributed by atoms with Gasteiger partial charge in [-0.3, -0.25) is 4.90 Å². The second-order valence-electron chi connectivity index (χ2n) is 5.42. The molecule has 0 unspecified atom stereocenters. The van der Waals surface area contributed by atoms with Crippen LogP contribution in [0.3, 0.4) is 0 Å². The van der Waals surface area contributed by atoms with Crippen molar-refractivity contribution in [3.05, 3.63) is 12.7 Å². The lowest BCUT2D eigenvalue weighted by Gasteiger charge is -2.34. The smallest absolute Gasteiger partial charge is 0.0165 e. The summed E-state index contributed by atoms with van der Waals surface area (Å²) in [5.74, 6) is 0. The van der Waals surface area contributed by atoms with Crippen molar-refractivity contribution in [2.75, 3.05) is 26.7 Å². The molecule has 0 rings (SSSR count). The van der Waals surface area contributed by atoms with Crippen molar-refractivity contribution in [2.45, 2.75) is 52.0 Å². The zero-order valence-electron chi connectivity index (χ0n) is 11.7. The molecule has 0 spiro atoms. The Kier molecular flexibility index (Phi) is 8.58. The van der Waals surface area contributed by atoms with E-state index in [2.05, 4.69) is 37.6 Å². The maximum atomic E-state index is 3.83. The van der Waals surface area contributed by atoms with E-state index in [1.807, 2.05) is 13.1 Å². The van der Waals surface area contributed by atoms with Gasteiger partial charge in [0.15, 0.2) is 0 Å². The van der Waals surface area contributed by atoms with Crippen LogP contribution in [0.4, 0.5) is 0 Å². The maximum Gasteiger partial charge on any atom is 0.0165 e. The molecule has 0 saturated heterocycles. The molecule has 0 aromatic rings. The molecule has 0 atom stereocenters. The Hall–Kier alpha value is -0.340. The van der Waals surface area contributed by atoms with E-state index < -0.39 is 0 Å². The second-order valence-corrected chi connectivity index (χ2v) is 5.42. The summed E-state index contributed by atoms with van der Waals surface area (Å²) in [5, 5.41) is 3.19. The molecule has 0 radical (unpaired) electrons. The number of nitrogens with one attached hydrogen (secondary N) is 1. The molecule has 2 heteroatoms. The molecule has 1 N–H and O–H groups in total. The average molecular weight is 226 g/mol. The molecule has 0 amide bonds. The largest absolute Gasteiger partial charge is 0.320 e. The fourth-order valence-electron chi connectivity index (χ4n) is 1.81. The zero-order valence-corrected chi connectivity index (χ0v) is 11.7. The number of rotatable bonds is 9. The molecule has 0 aliphatic carbocycles. The lowest BCUT2D eigenvalue weighted by atomic mass is 10.0. The van der Waals surface area contributed by atoms with E-state index in [0.29, 0.717) is 0 Å². The quantitative estimate of drug-likeness (QED) is 0.480. The summed E-state index contributed by atoms with van der Waals surface area (Å²) in [5.41, 5.74) is 0.263.